The zero-order valence-electron chi connectivity index (χ0n) is 11.5. The Morgan fingerprint density at radius 3 is 2.61 bits per heavy atom. The fraction of sp³-hybridized carbons (Fsp3) is 0.538. The van der Waals surface area contributed by atoms with Gasteiger partial charge in [-0.25, -0.2) is 9.98 Å². The molecule has 0 bridgehead atoms. The van der Waals surface area contributed by atoms with Crippen LogP contribution in [0.25, 0.3) is 0 Å². The van der Waals surface area contributed by atoms with Gasteiger partial charge in [-0.15, -0.1) is 0 Å². The van der Waals surface area contributed by atoms with E-state index in [0.717, 1.165) is 24.9 Å². The number of aliphatic imine (C=N–C) groups is 2. The summed E-state index contributed by atoms with van der Waals surface area (Å²) in [4.78, 5) is 13.0. The predicted octanol–water partition coefficient (Wildman–Crippen LogP) is 1.03. The summed E-state index contributed by atoms with van der Waals surface area (Å²) in [6.07, 6.45) is 7.60. The van der Waals surface area contributed by atoms with Crippen LogP contribution in [0.2, 0.25) is 0 Å². The molecule has 2 aliphatic rings. The van der Waals surface area contributed by atoms with Gasteiger partial charge in [0.15, 0.2) is 0 Å². The molecule has 1 unspecified atom stereocenters. The van der Waals surface area contributed by atoms with Gasteiger partial charge >= 0.3 is 0 Å². The monoisotopic (exact) mass is 247 g/mol. The molecular weight excluding hydrogens is 226 g/mol. The second kappa shape index (κ2) is 5.25. The molecule has 1 aliphatic carbocycles. The number of likely N-dealkylation sites (N-methyl/N-ethyl adjacent to an activating group) is 1. The van der Waals surface area contributed by atoms with Gasteiger partial charge in [-0.2, -0.15) is 0 Å². The van der Waals surface area contributed by atoms with Crippen LogP contribution < -0.4 is 5.32 Å². The van der Waals surface area contributed by atoms with Crippen LogP contribution in [0.3, 0.4) is 0 Å². The summed E-state index contributed by atoms with van der Waals surface area (Å²) < 4.78 is 0. The normalized spacial score (nSPS) is 22.0. The lowest BCUT2D eigenvalue weighted by molar-refractivity contribution is 0.507. The van der Waals surface area contributed by atoms with Crippen molar-refractivity contribution in [2.45, 2.75) is 19.5 Å². The van der Waals surface area contributed by atoms with E-state index in [0.29, 0.717) is 0 Å². The van der Waals surface area contributed by atoms with E-state index in [1.165, 1.54) is 5.57 Å². The van der Waals surface area contributed by atoms with Crippen molar-refractivity contribution >= 4 is 11.9 Å². The van der Waals surface area contributed by atoms with E-state index in [1.807, 2.05) is 33.0 Å². The molecular formula is C13H21N5. The number of hydrogen-bond acceptors (Lipinski definition) is 5. The van der Waals surface area contributed by atoms with Crippen molar-refractivity contribution in [3.63, 3.8) is 0 Å². The molecule has 0 aromatic carbocycles. The summed E-state index contributed by atoms with van der Waals surface area (Å²) in [7, 11) is 6.00. The Balaban J connectivity index is 2.02. The fourth-order valence-electron chi connectivity index (χ4n) is 1.94. The summed E-state index contributed by atoms with van der Waals surface area (Å²) in [5, 5.41) is 3.26. The topological polar surface area (TPSA) is 43.2 Å². The van der Waals surface area contributed by atoms with E-state index < -0.39 is 0 Å². The Bertz CT molecular complexity index is 431. The lowest BCUT2D eigenvalue weighted by Gasteiger charge is -2.29. The highest BCUT2D eigenvalue weighted by atomic mass is 15.4. The van der Waals surface area contributed by atoms with Crippen molar-refractivity contribution in [2.24, 2.45) is 9.98 Å². The molecule has 1 N–H and O–H groups in total. The van der Waals surface area contributed by atoms with Crippen LogP contribution in [0.4, 0.5) is 0 Å². The van der Waals surface area contributed by atoms with Gasteiger partial charge in [0.1, 0.15) is 6.17 Å². The number of nitrogens with zero attached hydrogens (tertiary/aromatic N) is 4. The zero-order valence-corrected chi connectivity index (χ0v) is 11.5. The van der Waals surface area contributed by atoms with Crippen molar-refractivity contribution < 1.29 is 0 Å². The zero-order chi connectivity index (χ0) is 13.1. The van der Waals surface area contributed by atoms with Gasteiger partial charge in [0, 0.05) is 27.7 Å². The number of guanidine groups is 2. The van der Waals surface area contributed by atoms with Gasteiger partial charge in [0.25, 0.3) is 0 Å². The van der Waals surface area contributed by atoms with E-state index in [9.17, 15) is 0 Å². The number of hydrogen-bond donors (Lipinski definition) is 1. The average Bonchev–Trinajstić information content (AvgIpc) is 2.80. The first-order chi connectivity index (χ1) is 8.56. The number of nitrogens with one attached hydrogen (secondary N) is 1. The maximum Gasteiger partial charge on any atom is 0.202 e. The second-order valence-electron chi connectivity index (χ2n) is 4.83. The van der Waals surface area contributed by atoms with E-state index in [2.05, 4.69) is 38.4 Å². The van der Waals surface area contributed by atoms with Crippen molar-refractivity contribution in [3.8, 4) is 0 Å². The fourth-order valence-corrected chi connectivity index (χ4v) is 1.94. The second-order valence-corrected chi connectivity index (χ2v) is 4.83. The molecule has 1 atom stereocenters. The minimum absolute atomic E-state index is 0.0331. The molecule has 0 amide bonds. The van der Waals surface area contributed by atoms with Crippen LogP contribution >= 0.6 is 0 Å². The van der Waals surface area contributed by atoms with Crippen molar-refractivity contribution in [1.29, 1.82) is 0 Å². The van der Waals surface area contributed by atoms with Crippen LogP contribution in [0, 0.1) is 0 Å². The maximum atomic E-state index is 4.52. The van der Waals surface area contributed by atoms with E-state index in [1.54, 1.807) is 0 Å². The molecule has 2 rings (SSSR count). The highest BCUT2D eigenvalue weighted by Gasteiger charge is 2.18. The third kappa shape index (κ3) is 2.91. The number of allylic oxidation sites excluding steroid dienone is 2. The summed E-state index contributed by atoms with van der Waals surface area (Å²) >= 11 is 0. The highest BCUT2D eigenvalue weighted by Crippen LogP contribution is 2.11. The summed E-state index contributed by atoms with van der Waals surface area (Å²) in [5.74, 6) is 1.73. The predicted molar refractivity (Wildman–Crippen MR) is 75.6 cm³/mol. The van der Waals surface area contributed by atoms with Crippen molar-refractivity contribution in [2.75, 3.05) is 27.7 Å². The Labute approximate surface area is 109 Å². The Hall–Kier alpha value is -1.78. The molecule has 1 heterocycles. The van der Waals surface area contributed by atoms with Gasteiger partial charge in [0.05, 0.1) is 0 Å². The Morgan fingerprint density at radius 2 is 2.00 bits per heavy atom. The first kappa shape index (κ1) is 12.7. The molecule has 0 aromatic heterocycles. The largest absolute Gasteiger partial charge is 0.349 e. The molecule has 18 heavy (non-hydrogen) atoms. The van der Waals surface area contributed by atoms with Gasteiger partial charge < -0.3 is 9.80 Å². The van der Waals surface area contributed by atoms with Crippen LogP contribution in [0.1, 0.15) is 13.3 Å². The third-order valence-electron chi connectivity index (χ3n) is 2.89. The minimum Gasteiger partial charge on any atom is -0.349 e. The van der Waals surface area contributed by atoms with Crippen LogP contribution in [0.5, 0.6) is 0 Å². The van der Waals surface area contributed by atoms with Gasteiger partial charge in [-0.1, -0.05) is 18.2 Å². The Morgan fingerprint density at radius 1 is 1.28 bits per heavy atom. The van der Waals surface area contributed by atoms with E-state index in [-0.39, 0.29) is 6.17 Å². The molecule has 0 aromatic rings. The van der Waals surface area contributed by atoms with E-state index >= 15 is 0 Å². The smallest absolute Gasteiger partial charge is 0.202 e. The molecule has 1 aliphatic heterocycles. The van der Waals surface area contributed by atoms with Gasteiger partial charge in [-0.05, 0) is 18.9 Å². The molecule has 0 saturated carbocycles. The Kier molecular flexibility index (Phi) is 3.69. The average molecular weight is 247 g/mol. The SMILES string of the molecule is CC1N=C(N(C)C)NC(N(C)CC2=CCC=C2)=N1. The van der Waals surface area contributed by atoms with Crippen LogP contribution in [-0.4, -0.2) is 55.6 Å². The third-order valence-corrected chi connectivity index (χ3v) is 2.89. The lowest BCUT2D eigenvalue weighted by Crippen LogP contribution is -2.50. The van der Waals surface area contributed by atoms with Crippen LogP contribution in [0.15, 0.2) is 33.8 Å². The molecule has 98 valence electrons. The van der Waals surface area contributed by atoms with Crippen molar-refractivity contribution in [1.82, 2.24) is 15.1 Å². The molecule has 0 spiro atoms. The maximum absolute atomic E-state index is 4.52. The van der Waals surface area contributed by atoms with Crippen molar-refractivity contribution in [3.05, 3.63) is 23.8 Å². The summed E-state index contributed by atoms with van der Waals surface area (Å²) in [6, 6.07) is 0. The first-order valence-electron chi connectivity index (χ1n) is 6.23. The summed E-state index contributed by atoms with van der Waals surface area (Å²) in [6.45, 7) is 2.86. The first-order valence-corrected chi connectivity index (χ1v) is 6.23. The molecule has 0 radical (unpaired) electrons. The highest BCUT2D eigenvalue weighted by molar-refractivity contribution is 5.99. The standard InChI is InChI=1S/C13H21N5/c1-10-14-12(17(2)3)16-13(15-10)18(4)9-11-7-5-6-8-11/h5,7-8,10H,6,9H2,1-4H3,(H,14,15,16). The molecule has 5 heteroatoms. The quantitative estimate of drug-likeness (QED) is 0.792. The van der Waals surface area contributed by atoms with Crippen LogP contribution in [-0.2, 0) is 0 Å². The summed E-state index contributed by atoms with van der Waals surface area (Å²) in [5.41, 5.74) is 1.34. The molecule has 0 saturated heterocycles. The molecule has 5 nitrogen and oxygen atoms in total. The van der Waals surface area contributed by atoms with Gasteiger partial charge in [0.2, 0.25) is 11.9 Å². The number of rotatable bonds is 2. The minimum atomic E-state index is -0.0331. The lowest BCUT2D eigenvalue weighted by atomic mass is 10.3. The van der Waals surface area contributed by atoms with Gasteiger partial charge in [-0.3, -0.25) is 5.32 Å². The molecule has 0 fully saturated rings. The van der Waals surface area contributed by atoms with E-state index in [4.69, 9.17) is 0 Å².